The van der Waals surface area contributed by atoms with E-state index in [1.165, 1.54) is 19.3 Å². The molecule has 24 heavy (non-hydrogen) atoms. The van der Waals surface area contributed by atoms with Crippen LogP contribution in [0, 0.1) is 13.8 Å². The van der Waals surface area contributed by atoms with Crippen LogP contribution in [0.15, 0.2) is 28.8 Å². The summed E-state index contributed by atoms with van der Waals surface area (Å²) in [5, 5.41) is 7.03. The molecule has 1 fully saturated rings. The minimum atomic E-state index is -0.165. The second-order valence-electron chi connectivity index (χ2n) is 6.43. The first-order chi connectivity index (χ1) is 11.6. The summed E-state index contributed by atoms with van der Waals surface area (Å²) in [5.74, 6) is 1.26. The predicted octanol–water partition coefficient (Wildman–Crippen LogP) is 3.93. The van der Waals surface area contributed by atoms with Crippen LogP contribution in [0.4, 0.5) is 0 Å². The van der Waals surface area contributed by atoms with E-state index in [0.29, 0.717) is 17.0 Å². The van der Waals surface area contributed by atoms with Crippen LogP contribution in [-0.4, -0.2) is 17.1 Å². The fourth-order valence-corrected chi connectivity index (χ4v) is 3.11. The minimum Gasteiger partial charge on any atom is -0.488 e. The van der Waals surface area contributed by atoms with Gasteiger partial charge in [-0.05, 0) is 38.3 Å². The predicted molar refractivity (Wildman–Crippen MR) is 91.1 cm³/mol. The number of hydrogen-bond acceptors (Lipinski definition) is 4. The molecule has 0 bridgehead atoms. The number of aromatic nitrogens is 1. The van der Waals surface area contributed by atoms with Crippen molar-refractivity contribution in [2.45, 2.75) is 58.6 Å². The molecule has 1 aliphatic rings. The van der Waals surface area contributed by atoms with Gasteiger partial charge < -0.3 is 14.6 Å². The summed E-state index contributed by atoms with van der Waals surface area (Å²) in [5.41, 5.74) is 2.11. The Morgan fingerprint density at radius 3 is 2.75 bits per heavy atom. The molecule has 0 radical (unpaired) electrons. The number of ether oxygens (including phenoxy) is 1. The van der Waals surface area contributed by atoms with Crippen molar-refractivity contribution in [3.63, 3.8) is 0 Å². The first-order valence-electron chi connectivity index (χ1n) is 8.59. The fourth-order valence-electron chi connectivity index (χ4n) is 3.11. The molecule has 0 saturated heterocycles. The van der Waals surface area contributed by atoms with Gasteiger partial charge in [0.1, 0.15) is 18.1 Å². The Labute approximate surface area is 142 Å². The van der Waals surface area contributed by atoms with Crippen molar-refractivity contribution in [2.24, 2.45) is 0 Å². The fraction of sp³-hybridized carbons (Fsp3) is 0.474. The van der Waals surface area contributed by atoms with Crippen LogP contribution in [0.5, 0.6) is 5.75 Å². The highest BCUT2D eigenvalue weighted by Crippen LogP contribution is 2.22. The SMILES string of the molecule is Cc1ccccc1OCc1c(C(=O)NC2CCCCC2)noc1C. The Morgan fingerprint density at radius 2 is 2.00 bits per heavy atom. The van der Waals surface area contributed by atoms with E-state index in [4.69, 9.17) is 9.26 Å². The molecule has 0 unspecified atom stereocenters. The maximum Gasteiger partial charge on any atom is 0.274 e. The Kier molecular flexibility index (Phi) is 5.18. The van der Waals surface area contributed by atoms with Crippen molar-refractivity contribution in [3.05, 3.63) is 46.8 Å². The smallest absolute Gasteiger partial charge is 0.274 e. The highest BCUT2D eigenvalue weighted by atomic mass is 16.5. The summed E-state index contributed by atoms with van der Waals surface area (Å²) in [6, 6.07) is 8.05. The van der Waals surface area contributed by atoms with Crippen LogP contribution in [-0.2, 0) is 6.61 Å². The molecule has 0 spiro atoms. The molecular formula is C19H24N2O3. The maximum absolute atomic E-state index is 12.5. The summed E-state index contributed by atoms with van der Waals surface area (Å²) in [7, 11) is 0. The van der Waals surface area contributed by atoms with Gasteiger partial charge in [-0.15, -0.1) is 0 Å². The number of carbonyl (C=O) groups is 1. The van der Waals surface area contributed by atoms with Crippen LogP contribution in [0.2, 0.25) is 0 Å². The van der Waals surface area contributed by atoms with Gasteiger partial charge in [0.15, 0.2) is 5.69 Å². The van der Waals surface area contributed by atoms with Crippen molar-refractivity contribution in [3.8, 4) is 5.75 Å². The molecule has 1 heterocycles. The van der Waals surface area contributed by atoms with Crippen molar-refractivity contribution in [1.82, 2.24) is 10.5 Å². The molecule has 1 aliphatic carbocycles. The van der Waals surface area contributed by atoms with Crippen molar-refractivity contribution < 1.29 is 14.1 Å². The zero-order chi connectivity index (χ0) is 16.9. The Balaban J connectivity index is 1.69. The van der Waals surface area contributed by atoms with Crippen molar-refractivity contribution in [2.75, 3.05) is 0 Å². The van der Waals surface area contributed by atoms with Crippen LogP contribution in [0.3, 0.4) is 0 Å². The van der Waals surface area contributed by atoms with Crippen LogP contribution in [0.25, 0.3) is 0 Å². The number of carbonyl (C=O) groups excluding carboxylic acids is 1. The van der Waals surface area contributed by atoms with Gasteiger partial charge in [-0.1, -0.05) is 42.6 Å². The molecule has 0 atom stereocenters. The lowest BCUT2D eigenvalue weighted by Crippen LogP contribution is -2.36. The number of nitrogens with zero attached hydrogens (tertiary/aromatic N) is 1. The lowest BCUT2D eigenvalue weighted by atomic mass is 9.95. The zero-order valence-corrected chi connectivity index (χ0v) is 14.3. The highest BCUT2D eigenvalue weighted by molar-refractivity contribution is 5.94. The largest absolute Gasteiger partial charge is 0.488 e. The van der Waals surface area contributed by atoms with E-state index in [9.17, 15) is 4.79 Å². The average molecular weight is 328 g/mol. The van der Waals surface area contributed by atoms with E-state index in [-0.39, 0.29) is 18.6 Å². The number of aryl methyl sites for hydroxylation is 2. The second-order valence-corrected chi connectivity index (χ2v) is 6.43. The summed E-state index contributed by atoms with van der Waals surface area (Å²) in [6.07, 6.45) is 5.68. The number of amides is 1. The Morgan fingerprint density at radius 1 is 1.25 bits per heavy atom. The lowest BCUT2D eigenvalue weighted by Gasteiger charge is -2.22. The molecule has 1 N–H and O–H groups in total. The summed E-state index contributed by atoms with van der Waals surface area (Å²) < 4.78 is 11.1. The first-order valence-corrected chi connectivity index (χ1v) is 8.59. The van der Waals surface area contributed by atoms with E-state index in [1.807, 2.05) is 31.2 Å². The summed E-state index contributed by atoms with van der Waals surface area (Å²) >= 11 is 0. The third-order valence-corrected chi connectivity index (χ3v) is 4.61. The number of para-hydroxylation sites is 1. The molecular weight excluding hydrogens is 304 g/mol. The second kappa shape index (κ2) is 7.51. The summed E-state index contributed by atoms with van der Waals surface area (Å²) in [4.78, 5) is 12.5. The molecule has 5 nitrogen and oxygen atoms in total. The highest BCUT2D eigenvalue weighted by Gasteiger charge is 2.23. The van der Waals surface area contributed by atoms with Gasteiger partial charge >= 0.3 is 0 Å². The van der Waals surface area contributed by atoms with Crippen LogP contribution in [0.1, 0.15) is 59.5 Å². The average Bonchev–Trinajstić information content (AvgIpc) is 2.96. The monoisotopic (exact) mass is 328 g/mol. The lowest BCUT2D eigenvalue weighted by molar-refractivity contribution is 0.0916. The molecule has 1 aromatic heterocycles. The molecule has 5 heteroatoms. The molecule has 1 amide bonds. The Bertz CT molecular complexity index is 702. The molecule has 128 valence electrons. The van der Waals surface area contributed by atoms with E-state index in [1.54, 1.807) is 6.92 Å². The van der Waals surface area contributed by atoms with Gasteiger partial charge in [-0.3, -0.25) is 4.79 Å². The van der Waals surface area contributed by atoms with Gasteiger partial charge in [-0.25, -0.2) is 0 Å². The molecule has 0 aliphatic heterocycles. The first kappa shape index (κ1) is 16.6. The number of nitrogens with one attached hydrogen (secondary N) is 1. The van der Waals surface area contributed by atoms with Crippen LogP contribution >= 0.6 is 0 Å². The van der Waals surface area contributed by atoms with Gasteiger partial charge in [0.2, 0.25) is 0 Å². The van der Waals surface area contributed by atoms with Crippen molar-refractivity contribution >= 4 is 5.91 Å². The topological polar surface area (TPSA) is 64.4 Å². The maximum atomic E-state index is 12.5. The van der Waals surface area contributed by atoms with E-state index < -0.39 is 0 Å². The number of benzene rings is 1. The zero-order valence-electron chi connectivity index (χ0n) is 14.3. The van der Waals surface area contributed by atoms with Gasteiger partial charge in [0.05, 0.1) is 5.56 Å². The molecule has 1 saturated carbocycles. The number of hydrogen-bond donors (Lipinski definition) is 1. The molecule has 3 rings (SSSR count). The van der Waals surface area contributed by atoms with Crippen LogP contribution < -0.4 is 10.1 Å². The van der Waals surface area contributed by atoms with Gasteiger partial charge in [-0.2, -0.15) is 0 Å². The van der Waals surface area contributed by atoms with Gasteiger partial charge in [0.25, 0.3) is 5.91 Å². The standard InChI is InChI=1S/C19H24N2O3/c1-13-8-6-7-11-17(13)23-12-16-14(2)24-21-18(16)19(22)20-15-9-4-3-5-10-15/h6-8,11,15H,3-5,9-10,12H2,1-2H3,(H,20,22). The van der Waals surface area contributed by atoms with E-state index in [0.717, 1.165) is 24.2 Å². The molecule has 1 aromatic carbocycles. The van der Waals surface area contributed by atoms with Gasteiger partial charge in [0, 0.05) is 6.04 Å². The normalized spacial score (nSPS) is 15.2. The molecule has 2 aromatic rings. The number of rotatable bonds is 5. The van der Waals surface area contributed by atoms with Crippen molar-refractivity contribution in [1.29, 1.82) is 0 Å². The third kappa shape index (κ3) is 3.78. The van der Waals surface area contributed by atoms with E-state index >= 15 is 0 Å². The summed E-state index contributed by atoms with van der Waals surface area (Å²) in [6.45, 7) is 4.07. The Hall–Kier alpha value is -2.30. The van der Waals surface area contributed by atoms with E-state index in [2.05, 4.69) is 10.5 Å². The third-order valence-electron chi connectivity index (χ3n) is 4.61. The minimum absolute atomic E-state index is 0.165. The quantitative estimate of drug-likeness (QED) is 0.903.